The fourth-order valence-corrected chi connectivity index (χ4v) is 5.64. The number of hydrogen-bond donors (Lipinski definition) is 3. The average molecular weight is 550 g/mol. The highest BCUT2D eigenvalue weighted by Crippen LogP contribution is 2.42. The van der Waals surface area contributed by atoms with Crippen LogP contribution in [0.15, 0.2) is 42.1 Å². The first-order valence-corrected chi connectivity index (χ1v) is 13.5. The Labute approximate surface area is 236 Å². The SMILES string of the molecule is C=Cc1nccc(-c2nc(C(=O)NC3CCNCC3)nc3[nH]c4cc(-c5c(C)noc5C)c(OC)cc4c23)c1C=C. The highest BCUT2D eigenvalue weighted by Gasteiger charge is 2.25. The van der Waals surface area contributed by atoms with Crippen molar-refractivity contribution in [1.29, 1.82) is 0 Å². The number of benzene rings is 1. The molecule has 0 saturated carbocycles. The summed E-state index contributed by atoms with van der Waals surface area (Å²) >= 11 is 0. The molecule has 4 aromatic heterocycles. The van der Waals surface area contributed by atoms with Gasteiger partial charge in [-0.25, -0.2) is 9.97 Å². The largest absolute Gasteiger partial charge is 0.496 e. The van der Waals surface area contributed by atoms with Gasteiger partial charge in [0, 0.05) is 39.8 Å². The van der Waals surface area contributed by atoms with Crippen LogP contribution < -0.4 is 15.4 Å². The van der Waals surface area contributed by atoms with Crippen LogP contribution in [0, 0.1) is 13.8 Å². The van der Waals surface area contributed by atoms with Gasteiger partial charge in [0.25, 0.3) is 5.91 Å². The summed E-state index contributed by atoms with van der Waals surface area (Å²) < 4.78 is 11.3. The molecule has 0 bridgehead atoms. The van der Waals surface area contributed by atoms with Gasteiger partial charge in [0.1, 0.15) is 17.2 Å². The van der Waals surface area contributed by atoms with Gasteiger partial charge in [-0.2, -0.15) is 0 Å². The molecule has 0 spiro atoms. The first kappa shape index (κ1) is 26.4. The van der Waals surface area contributed by atoms with E-state index in [-0.39, 0.29) is 17.8 Å². The molecule has 1 aromatic carbocycles. The normalized spacial score (nSPS) is 13.9. The summed E-state index contributed by atoms with van der Waals surface area (Å²) in [4.78, 5) is 30.9. The molecule has 208 valence electrons. The number of methoxy groups -OCH3 is 1. The summed E-state index contributed by atoms with van der Waals surface area (Å²) in [6.07, 6.45) is 6.81. The van der Waals surface area contributed by atoms with Gasteiger partial charge in [0.15, 0.2) is 0 Å². The maximum Gasteiger partial charge on any atom is 0.289 e. The van der Waals surface area contributed by atoms with Crippen molar-refractivity contribution >= 4 is 40.0 Å². The predicted molar refractivity (Wildman–Crippen MR) is 160 cm³/mol. The average Bonchev–Trinajstić information content (AvgIpc) is 3.53. The fraction of sp³-hybridized carbons (Fsp3) is 0.258. The van der Waals surface area contributed by atoms with Gasteiger partial charge in [0.2, 0.25) is 5.82 Å². The molecule has 1 saturated heterocycles. The predicted octanol–water partition coefficient (Wildman–Crippen LogP) is 5.22. The van der Waals surface area contributed by atoms with E-state index in [0.717, 1.165) is 70.2 Å². The molecular weight excluding hydrogens is 518 g/mol. The number of aromatic nitrogens is 5. The van der Waals surface area contributed by atoms with Crippen molar-refractivity contribution in [2.45, 2.75) is 32.7 Å². The molecule has 1 fully saturated rings. The van der Waals surface area contributed by atoms with Crippen LogP contribution in [0.4, 0.5) is 0 Å². The molecule has 3 N–H and O–H groups in total. The lowest BCUT2D eigenvalue weighted by molar-refractivity contribution is 0.0919. The molecule has 10 heteroatoms. The fourth-order valence-electron chi connectivity index (χ4n) is 5.64. The van der Waals surface area contributed by atoms with Gasteiger partial charge >= 0.3 is 0 Å². The number of nitrogens with zero attached hydrogens (tertiary/aromatic N) is 4. The second-order valence-corrected chi connectivity index (χ2v) is 10.1. The van der Waals surface area contributed by atoms with Crippen molar-refractivity contribution in [2.75, 3.05) is 20.2 Å². The van der Waals surface area contributed by atoms with Crippen LogP contribution in [0.25, 0.3) is 56.5 Å². The molecule has 0 radical (unpaired) electrons. The van der Waals surface area contributed by atoms with E-state index in [1.807, 2.05) is 32.0 Å². The molecule has 0 atom stereocenters. The Morgan fingerprint density at radius 2 is 1.95 bits per heavy atom. The Kier molecular flexibility index (Phi) is 6.84. The number of pyridine rings is 1. The zero-order valence-corrected chi connectivity index (χ0v) is 23.3. The maximum atomic E-state index is 13.5. The first-order chi connectivity index (χ1) is 19.9. The first-order valence-electron chi connectivity index (χ1n) is 13.5. The Hall–Kier alpha value is -4.83. The van der Waals surface area contributed by atoms with E-state index in [4.69, 9.17) is 19.2 Å². The maximum absolute atomic E-state index is 13.5. The van der Waals surface area contributed by atoms with Crippen molar-refractivity contribution in [1.82, 2.24) is 35.7 Å². The van der Waals surface area contributed by atoms with E-state index in [1.54, 1.807) is 25.5 Å². The van der Waals surface area contributed by atoms with Crippen molar-refractivity contribution in [3.63, 3.8) is 0 Å². The molecule has 1 aliphatic rings. The molecule has 10 nitrogen and oxygen atoms in total. The number of piperidine rings is 1. The third-order valence-electron chi connectivity index (χ3n) is 7.62. The zero-order chi connectivity index (χ0) is 28.7. The van der Waals surface area contributed by atoms with Gasteiger partial charge < -0.3 is 24.9 Å². The minimum atomic E-state index is -0.314. The van der Waals surface area contributed by atoms with Crippen LogP contribution in [0.5, 0.6) is 5.75 Å². The minimum Gasteiger partial charge on any atom is -0.496 e. The lowest BCUT2D eigenvalue weighted by atomic mass is 9.98. The van der Waals surface area contributed by atoms with Crippen LogP contribution in [-0.2, 0) is 0 Å². The van der Waals surface area contributed by atoms with Crippen LogP contribution in [0.3, 0.4) is 0 Å². The third-order valence-corrected chi connectivity index (χ3v) is 7.62. The molecule has 0 unspecified atom stereocenters. The molecule has 1 aliphatic heterocycles. The van der Waals surface area contributed by atoms with Crippen molar-refractivity contribution in [2.24, 2.45) is 0 Å². The number of H-pyrrole nitrogens is 1. The third kappa shape index (κ3) is 4.55. The summed E-state index contributed by atoms with van der Waals surface area (Å²) in [7, 11) is 1.63. The number of rotatable bonds is 7. The lowest BCUT2D eigenvalue weighted by Gasteiger charge is -2.23. The van der Waals surface area contributed by atoms with Gasteiger partial charge in [-0.15, -0.1) is 0 Å². The lowest BCUT2D eigenvalue weighted by Crippen LogP contribution is -2.43. The molecule has 41 heavy (non-hydrogen) atoms. The van der Waals surface area contributed by atoms with Gasteiger partial charge in [-0.05, 0) is 64.1 Å². The Morgan fingerprint density at radius 3 is 2.63 bits per heavy atom. The van der Waals surface area contributed by atoms with E-state index >= 15 is 0 Å². The van der Waals surface area contributed by atoms with E-state index in [2.05, 4.69) is 38.9 Å². The van der Waals surface area contributed by atoms with E-state index in [0.29, 0.717) is 28.5 Å². The van der Waals surface area contributed by atoms with E-state index in [9.17, 15) is 4.79 Å². The summed E-state index contributed by atoms with van der Waals surface area (Å²) in [5, 5.41) is 12.2. The summed E-state index contributed by atoms with van der Waals surface area (Å²) in [6.45, 7) is 13.4. The molecule has 0 aliphatic carbocycles. The van der Waals surface area contributed by atoms with Gasteiger partial charge in [-0.1, -0.05) is 24.4 Å². The number of carbonyl (C=O) groups is 1. The van der Waals surface area contributed by atoms with Crippen LogP contribution in [-0.4, -0.2) is 57.2 Å². The molecule has 6 rings (SSSR count). The number of hydrogen-bond acceptors (Lipinski definition) is 8. The summed E-state index contributed by atoms with van der Waals surface area (Å²) in [5.41, 5.74) is 6.60. The zero-order valence-electron chi connectivity index (χ0n) is 23.3. The van der Waals surface area contributed by atoms with E-state index in [1.165, 1.54) is 0 Å². The number of aryl methyl sites for hydroxylation is 2. The molecule has 1 amide bonds. The number of nitrogens with one attached hydrogen (secondary N) is 3. The Bertz CT molecular complexity index is 1810. The number of fused-ring (bicyclic) bond motifs is 3. The summed E-state index contributed by atoms with van der Waals surface area (Å²) in [5.74, 6) is 1.11. The standard InChI is InChI=1S/C31H31N7O3/c1-6-19-20(10-13-33-23(19)7-2)28-27-21-15-25(40-5)22(26-16(3)38-41-17(26)4)14-24(21)35-29(27)37-30(36-28)31(39)34-18-8-11-32-12-9-18/h6-7,10,13-15,18,32H,1-2,8-9,11-12H2,3-5H3,(H,34,39)(H,35,36,37). The van der Waals surface area contributed by atoms with Crippen molar-refractivity contribution in [3.8, 4) is 28.1 Å². The molecule has 5 heterocycles. The summed E-state index contributed by atoms with van der Waals surface area (Å²) in [6, 6.07) is 5.89. The topological polar surface area (TPSA) is 131 Å². The number of carbonyl (C=O) groups excluding carboxylic acids is 1. The Balaban J connectivity index is 1.62. The van der Waals surface area contributed by atoms with Crippen LogP contribution in [0.2, 0.25) is 0 Å². The second kappa shape index (κ2) is 10.6. The Morgan fingerprint density at radius 1 is 1.15 bits per heavy atom. The number of aromatic amines is 1. The smallest absolute Gasteiger partial charge is 0.289 e. The van der Waals surface area contributed by atoms with Crippen LogP contribution >= 0.6 is 0 Å². The van der Waals surface area contributed by atoms with Crippen molar-refractivity contribution in [3.05, 3.63) is 66.1 Å². The molecular formula is C31H31N7O3. The van der Waals surface area contributed by atoms with Gasteiger partial charge in [-0.3, -0.25) is 9.78 Å². The minimum absolute atomic E-state index is 0.0631. The number of amides is 1. The monoisotopic (exact) mass is 549 g/mol. The van der Waals surface area contributed by atoms with E-state index < -0.39 is 0 Å². The van der Waals surface area contributed by atoms with Crippen LogP contribution in [0.1, 0.15) is 46.2 Å². The van der Waals surface area contributed by atoms with Gasteiger partial charge in [0.05, 0.1) is 35.1 Å². The van der Waals surface area contributed by atoms with Crippen molar-refractivity contribution < 1.29 is 14.1 Å². The molecule has 5 aromatic rings. The highest BCUT2D eigenvalue weighted by molar-refractivity contribution is 6.15. The quantitative estimate of drug-likeness (QED) is 0.252. The number of ether oxygens (including phenoxy) is 1. The highest BCUT2D eigenvalue weighted by atomic mass is 16.5. The second-order valence-electron chi connectivity index (χ2n) is 10.1.